The van der Waals surface area contributed by atoms with Crippen LogP contribution in [-0.2, 0) is 4.79 Å². The average Bonchev–Trinajstić information content (AvgIpc) is 2.83. The van der Waals surface area contributed by atoms with Gasteiger partial charge in [-0.05, 0) is 63.2 Å². The van der Waals surface area contributed by atoms with E-state index in [1.807, 2.05) is 13.8 Å². The van der Waals surface area contributed by atoms with Crippen molar-refractivity contribution < 1.29 is 4.79 Å². The Labute approximate surface area is 104 Å². The summed E-state index contributed by atoms with van der Waals surface area (Å²) in [4.78, 5) is 11.8. The number of carbonyl (C=O) groups excluding carboxylic acids is 1. The van der Waals surface area contributed by atoms with Gasteiger partial charge in [-0.15, -0.1) is 0 Å². The third kappa shape index (κ3) is 1.92. The van der Waals surface area contributed by atoms with Gasteiger partial charge in [0, 0.05) is 12.1 Å². The minimum absolute atomic E-state index is 0.122. The molecule has 1 amide bonds. The number of amides is 1. The van der Waals surface area contributed by atoms with Crippen LogP contribution in [0.2, 0.25) is 0 Å². The standard InChI is InChI=1S/C15H23NO/c1-9(2)6-15(17)16-14-8-10-7-13(14)12-5-3-4-11(10)12/h6,10-14H,3-5,7-8H2,1-2H3,(H,16,17)/t10-,11-,12+,13+,14-/m1/s1. The molecule has 3 aliphatic carbocycles. The summed E-state index contributed by atoms with van der Waals surface area (Å²) < 4.78 is 0. The zero-order valence-corrected chi connectivity index (χ0v) is 10.9. The number of allylic oxidation sites excluding steroid dienone is 1. The van der Waals surface area contributed by atoms with E-state index in [0.29, 0.717) is 6.04 Å². The second-order valence-corrected chi connectivity index (χ2v) is 6.49. The Morgan fingerprint density at radius 2 is 1.88 bits per heavy atom. The Kier molecular flexibility index (Phi) is 2.76. The number of hydrogen-bond acceptors (Lipinski definition) is 1. The van der Waals surface area contributed by atoms with Crippen LogP contribution in [0.15, 0.2) is 11.6 Å². The van der Waals surface area contributed by atoms with Crippen molar-refractivity contribution in [3.8, 4) is 0 Å². The van der Waals surface area contributed by atoms with E-state index in [0.717, 1.165) is 29.2 Å². The second-order valence-electron chi connectivity index (χ2n) is 6.49. The normalized spacial score (nSPS) is 42.4. The second kappa shape index (κ2) is 4.15. The van der Waals surface area contributed by atoms with E-state index in [4.69, 9.17) is 0 Å². The van der Waals surface area contributed by atoms with E-state index < -0.39 is 0 Å². The van der Waals surface area contributed by atoms with Crippen LogP contribution < -0.4 is 5.32 Å². The van der Waals surface area contributed by atoms with Crippen molar-refractivity contribution in [2.75, 3.05) is 0 Å². The van der Waals surface area contributed by atoms with Crippen LogP contribution in [-0.4, -0.2) is 11.9 Å². The van der Waals surface area contributed by atoms with Gasteiger partial charge >= 0.3 is 0 Å². The minimum Gasteiger partial charge on any atom is -0.350 e. The maximum atomic E-state index is 11.8. The lowest BCUT2D eigenvalue weighted by Gasteiger charge is -2.31. The summed E-state index contributed by atoms with van der Waals surface area (Å²) in [5.74, 6) is 3.78. The van der Waals surface area contributed by atoms with E-state index in [2.05, 4.69) is 5.32 Å². The smallest absolute Gasteiger partial charge is 0.244 e. The van der Waals surface area contributed by atoms with Gasteiger partial charge in [-0.3, -0.25) is 4.79 Å². The molecule has 2 nitrogen and oxygen atoms in total. The quantitative estimate of drug-likeness (QED) is 0.730. The Hall–Kier alpha value is -0.790. The van der Waals surface area contributed by atoms with Crippen molar-refractivity contribution in [2.45, 2.75) is 52.0 Å². The molecule has 3 rings (SSSR count). The predicted octanol–water partition coefficient (Wildman–Crippen LogP) is 2.89. The Morgan fingerprint density at radius 1 is 1.12 bits per heavy atom. The fourth-order valence-corrected chi connectivity index (χ4v) is 4.72. The molecule has 0 heterocycles. The highest BCUT2D eigenvalue weighted by atomic mass is 16.1. The van der Waals surface area contributed by atoms with E-state index in [9.17, 15) is 4.79 Å². The molecule has 3 saturated carbocycles. The van der Waals surface area contributed by atoms with E-state index in [-0.39, 0.29) is 5.91 Å². The van der Waals surface area contributed by atoms with Crippen LogP contribution in [0.4, 0.5) is 0 Å². The summed E-state index contributed by atoms with van der Waals surface area (Å²) in [6, 6.07) is 0.474. The van der Waals surface area contributed by atoms with Gasteiger partial charge in [0.15, 0.2) is 0 Å². The van der Waals surface area contributed by atoms with Gasteiger partial charge in [0.2, 0.25) is 5.91 Å². The van der Waals surface area contributed by atoms with Gasteiger partial charge in [-0.1, -0.05) is 12.0 Å². The van der Waals surface area contributed by atoms with Crippen molar-refractivity contribution >= 4 is 5.91 Å². The molecule has 0 saturated heterocycles. The highest BCUT2D eigenvalue weighted by Crippen LogP contribution is 2.58. The van der Waals surface area contributed by atoms with Crippen molar-refractivity contribution in [3.05, 3.63) is 11.6 Å². The van der Waals surface area contributed by atoms with Crippen LogP contribution in [0.3, 0.4) is 0 Å². The number of rotatable bonds is 2. The molecule has 2 bridgehead atoms. The first-order chi connectivity index (χ1) is 8.15. The largest absolute Gasteiger partial charge is 0.350 e. The molecule has 0 aromatic heterocycles. The molecular weight excluding hydrogens is 210 g/mol. The topological polar surface area (TPSA) is 29.1 Å². The molecule has 3 fully saturated rings. The van der Waals surface area contributed by atoms with Gasteiger partial charge in [-0.25, -0.2) is 0 Å². The SMILES string of the molecule is CC(C)=CC(=O)N[C@@H]1C[C@H]2C[C@H]1[C@H]1CCC[C@H]21. The number of hydrogen-bond donors (Lipinski definition) is 1. The molecule has 1 N–H and O–H groups in total. The lowest BCUT2D eigenvalue weighted by Crippen LogP contribution is -2.41. The van der Waals surface area contributed by atoms with Crippen LogP contribution >= 0.6 is 0 Å². The molecule has 2 heteroatoms. The van der Waals surface area contributed by atoms with Gasteiger partial charge in [-0.2, -0.15) is 0 Å². The summed E-state index contributed by atoms with van der Waals surface area (Å²) in [6.45, 7) is 3.96. The van der Waals surface area contributed by atoms with Crippen LogP contribution in [0, 0.1) is 23.7 Å². The molecule has 0 radical (unpaired) electrons. The maximum Gasteiger partial charge on any atom is 0.244 e. The Morgan fingerprint density at radius 3 is 2.65 bits per heavy atom. The molecule has 5 atom stereocenters. The first-order valence-electron chi connectivity index (χ1n) is 7.10. The van der Waals surface area contributed by atoms with Crippen molar-refractivity contribution in [3.63, 3.8) is 0 Å². The summed E-state index contributed by atoms with van der Waals surface area (Å²) in [7, 11) is 0. The fraction of sp³-hybridized carbons (Fsp3) is 0.800. The zero-order valence-electron chi connectivity index (χ0n) is 10.9. The molecule has 94 valence electrons. The van der Waals surface area contributed by atoms with Gasteiger partial charge in [0.1, 0.15) is 0 Å². The Balaban J connectivity index is 1.64. The van der Waals surface area contributed by atoms with Gasteiger partial charge < -0.3 is 5.32 Å². The van der Waals surface area contributed by atoms with Gasteiger partial charge in [0.05, 0.1) is 0 Å². The summed E-state index contributed by atoms with van der Waals surface area (Å²) in [5.41, 5.74) is 1.09. The average molecular weight is 233 g/mol. The third-order valence-corrected chi connectivity index (χ3v) is 5.18. The van der Waals surface area contributed by atoms with Crippen LogP contribution in [0.1, 0.15) is 46.0 Å². The highest BCUT2D eigenvalue weighted by molar-refractivity contribution is 5.88. The summed E-state index contributed by atoms with van der Waals surface area (Å²) in [5, 5.41) is 3.24. The van der Waals surface area contributed by atoms with E-state index in [1.165, 1.54) is 32.1 Å². The summed E-state index contributed by atoms with van der Waals surface area (Å²) in [6.07, 6.45) is 8.67. The van der Waals surface area contributed by atoms with E-state index in [1.54, 1.807) is 6.08 Å². The molecule has 3 aliphatic rings. The monoisotopic (exact) mass is 233 g/mol. The van der Waals surface area contributed by atoms with Crippen molar-refractivity contribution in [1.82, 2.24) is 5.32 Å². The number of nitrogens with one attached hydrogen (secondary N) is 1. The van der Waals surface area contributed by atoms with Crippen LogP contribution in [0.5, 0.6) is 0 Å². The Bertz CT molecular complexity index is 356. The summed E-state index contributed by atoms with van der Waals surface area (Å²) >= 11 is 0. The number of carbonyl (C=O) groups is 1. The van der Waals surface area contributed by atoms with Crippen molar-refractivity contribution in [2.24, 2.45) is 23.7 Å². The molecule has 0 aliphatic heterocycles. The lowest BCUT2D eigenvalue weighted by atomic mass is 9.79. The number of fused-ring (bicyclic) bond motifs is 5. The highest BCUT2D eigenvalue weighted by Gasteiger charge is 2.53. The van der Waals surface area contributed by atoms with Gasteiger partial charge in [0.25, 0.3) is 0 Å². The maximum absolute atomic E-state index is 11.8. The predicted molar refractivity (Wildman–Crippen MR) is 68.4 cm³/mol. The molecule has 17 heavy (non-hydrogen) atoms. The van der Waals surface area contributed by atoms with E-state index >= 15 is 0 Å². The molecule has 0 aromatic rings. The third-order valence-electron chi connectivity index (χ3n) is 5.18. The lowest BCUT2D eigenvalue weighted by molar-refractivity contribution is -0.117. The fourth-order valence-electron chi connectivity index (χ4n) is 4.72. The van der Waals surface area contributed by atoms with Crippen LogP contribution in [0.25, 0.3) is 0 Å². The van der Waals surface area contributed by atoms with Crippen molar-refractivity contribution in [1.29, 1.82) is 0 Å². The molecule has 0 spiro atoms. The molecular formula is C15H23NO. The first kappa shape index (κ1) is 11.3. The minimum atomic E-state index is 0.122. The zero-order chi connectivity index (χ0) is 12.0. The molecule has 0 unspecified atom stereocenters. The molecule has 0 aromatic carbocycles. The first-order valence-corrected chi connectivity index (χ1v) is 7.10.